The molecule has 1 atom stereocenters. The van der Waals surface area contributed by atoms with Gasteiger partial charge in [-0.25, -0.2) is 4.79 Å². The zero-order valence-electron chi connectivity index (χ0n) is 11.4. The molecule has 0 aromatic rings. The third-order valence-electron chi connectivity index (χ3n) is 2.09. The van der Waals surface area contributed by atoms with Crippen LogP contribution in [0.5, 0.6) is 0 Å². The van der Waals surface area contributed by atoms with E-state index in [1.54, 1.807) is 6.92 Å². The lowest BCUT2D eigenvalue weighted by molar-refractivity contribution is -0.140. The Morgan fingerprint density at radius 1 is 1.33 bits per heavy atom. The Morgan fingerprint density at radius 2 is 2.00 bits per heavy atom. The molecule has 0 saturated heterocycles. The molecule has 0 spiro atoms. The van der Waals surface area contributed by atoms with E-state index in [0.29, 0.717) is 25.2 Å². The van der Waals surface area contributed by atoms with Crippen LogP contribution in [0.15, 0.2) is 12.2 Å². The number of carbonyl (C=O) groups excluding carboxylic acids is 2. The van der Waals surface area contributed by atoms with E-state index >= 15 is 0 Å². The summed E-state index contributed by atoms with van der Waals surface area (Å²) < 4.78 is 15.1. The van der Waals surface area contributed by atoms with E-state index in [9.17, 15) is 9.59 Å². The molecule has 0 aromatic carbocycles. The van der Waals surface area contributed by atoms with Crippen LogP contribution < -0.4 is 0 Å². The van der Waals surface area contributed by atoms with E-state index in [2.05, 4.69) is 6.58 Å². The molecule has 0 amide bonds. The maximum atomic E-state index is 11.2. The van der Waals surface area contributed by atoms with Crippen LogP contribution in [-0.4, -0.2) is 40.8 Å². The fourth-order valence-electron chi connectivity index (χ4n) is 1.16. The molecule has 0 bridgehead atoms. The largest absolute Gasteiger partial charge is 0.521 e. The second-order valence-corrected chi connectivity index (χ2v) is 6.43. The van der Waals surface area contributed by atoms with Crippen molar-refractivity contribution >= 4 is 21.0 Å². The van der Waals surface area contributed by atoms with Gasteiger partial charge in [0.1, 0.15) is 6.61 Å². The lowest BCUT2D eigenvalue weighted by atomic mass is 10.4. The van der Waals surface area contributed by atoms with Crippen LogP contribution in [0.4, 0.5) is 0 Å². The number of carbonyl (C=O) groups is 2. The van der Waals surface area contributed by atoms with Gasteiger partial charge in [0.15, 0.2) is 0 Å². The van der Waals surface area contributed by atoms with E-state index < -0.39 is 9.04 Å². The Hall–Kier alpha value is -1.14. The van der Waals surface area contributed by atoms with Crippen LogP contribution in [0.2, 0.25) is 12.6 Å². The van der Waals surface area contributed by atoms with Gasteiger partial charge in [-0.05, 0) is 32.9 Å². The Morgan fingerprint density at radius 3 is 2.56 bits per heavy atom. The number of hydrogen-bond acceptors (Lipinski definition) is 5. The molecule has 0 saturated carbocycles. The third-order valence-corrected chi connectivity index (χ3v) is 3.98. The molecule has 0 N–H and O–H groups in total. The van der Waals surface area contributed by atoms with Crippen molar-refractivity contribution in [2.24, 2.45) is 0 Å². The summed E-state index contributed by atoms with van der Waals surface area (Å²) in [5.74, 6) is -0.687. The molecule has 0 aromatic heterocycles. The SMILES string of the molecule is C=C(C)C(=O)OCCC[SiH](C)OC(=O)COCC. The van der Waals surface area contributed by atoms with Gasteiger partial charge in [-0.15, -0.1) is 0 Å². The minimum Gasteiger partial charge on any atom is -0.521 e. The van der Waals surface area contributed by atoms with Crippen LogP contribution in [-0.2, 0) is 23.5 Å². The van der Waals surface area contributed by atoms with Gasteiger partial charge in [-0.2, -0.15) is 0 Å². The van der Waals surface area contributed by atoms with Crippen molar-refractivity contribution < 1.29 is 23.5 Å². The molecule has 6 heteroatoms. The van der Waals surface area contributed by atoms with Gasteiger partial charge in [0, 0.05) is 12.2 Å². The van der Waals surface area contributed by atoms with E-state index in [1.165, 1.54) is 0 Å². The Kier molecular flexibility index (Phi) is 9.22. The second-order valence-electron chi connectivity index (χ2n) is 4.00. The van der Waals surface area contributed by atoms with Crippen molar-refractivity contribution in [2.75, 3.05) is 19.8 Å². The van der Waals surface area contributed by atoms with Gasteiger partial charge in [0.05, 0.1) is 6.61 Å². The molecule has 0 rings (SSSR count). The van der Waals surface area contributed by atoms with Gasteiger partial charge in [0.2, 0.25) is 9.04 Å². The summed E-state index contributed by atoms with van der Waals surface area (Å²) in [6.45, 7) is 9.71. The van der Waals surface area contributed by atoms with Crippen LogP contribution in [0.3, 0.4) is 0 Å². The monoisotopic (exact) mass is 274 g/mol. The topological polar surface area (TPSA) is 61.8 Å². The maximum absolute atomic E-state index is 11.2. The number of ether oxygens (including phenoxy) is 2. The highest BCUT2D eigenvalue weighted by molar-refractivity contribution is 6.52. The quantitative estimate of drug-likeness (QED) is 0.275. The predicted octanol–water partition coefficient (Wildman–Crippen LogP) is 1.43. The molecule has 0 fully saturated rings. The summed E-state index contributed by atoms with van der Waals surface area (Å²) in [6, 6.07) is 0.779. The van der Waals surface area contributed by atoms with E-state index in [0.717, 1.165) is 6.04 Å². The maximum Gasteiger partial charge on any atom is 0.333 e. The van der Waals surface area contributed by atoms with E-state index in [1.807, 2.05) is 13.5 Å². The van der Waals surface area contributed by atoms with Crippen molar-refractivity contribution in [3.63, 3.8) is 0 Å². The smallest absolute Gasteiger partial charge is 0.333 e. The first-order chi connectivity index (χ1) is 8.47. The highest BCUT2D eigenvalue weighted by Gasteiger charge is 2.11. The summed E-state index contributed by atoms with van der Waals surface area (Å²) >= 11 is 0. The average Bonchev–Trinajstić information content (AvgIpc) is 2.31. The fourth-order valence-corrected chi connectivity index (χ4v) is 2.54. The summed E-state index contributed by atoms with van der Waals surface area (Å²) in [5, 5.41) is 0. The first kappa shape index (κ1) is 16.9. The first-order valence-electron chi connectivity index (χ1n) is 6.07. The van der Waals surface area contributed by atoms with E-state index in [-0.39, 0.29) is 18.5 Å². The minimum atomic E-state index is -1.53. The van der Waals surface area contributed by atoms with Crippen LogP contribution in [0, 0.1) is 0 Å². The third kappa shape index (κ3) is 8.95. The number of rotatable bonds is 9. The first-order valence-corrected chi connectivity index (χ1v) is 8.51. The van der Waals surface area contributed by atoms with Gasteiger partial charge in [-0.3, -0.25) is 4.79 Å². The van der Waals surface area contributed by atoms with Crippen molar-refractivity contribution in [1.82, 2.24) is 0 Å². The van der Waals surface area contributed by atoms with Crippen molar-refractivity contribution in [3.05, 3.63) is 12.2 Å². The molecule has 18 heavy (non-hydrogen) atoms. The lowest BCUT2D eigenvalue weighted by Gasteiger charge is -2.12. The van der Waals surface area contributed by atoms with E-state index in [4.69, 9.17) is 13.9 Å². The molecule has 0 heterocycles. The minimum absolute atomic E-state index is 0.0124. The van der Waals surface area contributed by atoms with Gasteiger partial charge in [0.25, 0.3) is 0 Å². The molecular weight excluding hydrogens is 252 g/mol. The fraction of sp³-hybridized carbons (Fsp3) is 0.667. The zero-order chi connectivity index (χ0) is 14.0. The van der Waals surface area contributed by atoms with Gasteiger partial charge in [-0.1, -0.05) is 6.58 Å². The highest BCUT2D eigenvalue weighted by atomic mass is 28.3. The number of esters is 1. The Labute approximate surface area is 110 Å². The zero-order valence-corrected chi connectivity index (χ0v) is 12.5. The van der Waals surface area contributed by atoms with Crippen molar-refractivity contribution in [3.8, 4) is 0 Å². The second kappa shape index (κ2) is 9.84. The molecule has 0 aliphatic rings. The average molecular weight is 274 g/mol. The molecule has 104 valence electrons. The highest BCUT2D eigenvalue weighted by Crippen LogP contribution is 2.02. The van der Waals surface area contributed by atoms with Crippen molar-refractivity contribution in [1.29, 1.82) is 0 Å². The Balaban J connectivity index is 3.58. The van der Waals surface area contributed by atoms with Gasteiger partial charge < -0.3 is 13.9 Å². The summed E-state index contributed by atoms with van der Waals surface area (Å²) in [6.07, 6.45) is 0.703. The lowest BCUT2D eigenvalue weighted by Crippen LogP contribution is -2.23. The molecule has 0 aliphatic carbocycles. The van der Waals surface area contributed by atoms with Crippen LogP contribution >= 0.6 is 0 Å². The molecular formula is C12H22O5Si. The van der Waals surface area contributed by atoms with Gasteiger partial charge >= 0.3 is 11.9 Å². The summed E-state index contributed by atoms with van der Waals surface area (Å²) in [5.41, 5.74) is 0.392. The van der Waals surface area contributed by atoms with Crippen LogP contribution in [0.1, 0.15) is 20.3 Å². The molecule has 5 nitrogen and oxygen atoms in total. The standard InChI is InChI=1S/C12H22O5Si/c1-5-15-9-11(13)17-18(4)8-6-7-16-12(14)10(2)3/h18H,2,5-9H2,1,3-4H3. The molecule has 0 radical (unpaired) electrons. The Bertz CT molecular complexity index is 290. The summed E-state index contributed by atoms with van der Waals surface area (Å²) in [7, 11) is -1.53. The normalized spacial score (nSPS) is 11.7. The summed E-state index contributed by atoms with van der Waals surface area (Å²) in [4.78, 5) is 22.3. The van der Waals surface area contributed by atoms with Crippen LogP contribution in [0.25, 0.3) is 0 Å². The predicted molar refractivity (Wildman–Crippen MR) is 70.8 cm³/mol. The molecule has 1 unspecified atom stereocenters. The number of hydrogen-bond donors (Lipinski definition) is 0. The van der Waals surface area contributed by atoms with Crippen molar-refractivity contribution in [2.45, 2.75) is 32.9 Å². The molecule has 0 aliphatic heterocycles.